The molecule has 3 heteroatoms. The molecule has 1 aromatic carbocycles. The Morgan fingerprint density at radius 1 is 1.37 bits per heavy atom. The molecule has 0 aromatic heterocycles. The number of halogens is 1. The normalized spacial score (nSPS) is 22.8. The zero-order valence-electron chi connectivity index (χ0n) is 12.1. The molecule has 1 aliphatic carbocycles. The minimum atomic E-state index is 0.149. The zero-order valence-corrected chi connectivity index (χ0v) is 12.8. The van der Waals surface area contributed by atoms with Crippen LogP contribution in [0.15, 0.2) is 18.2 Å². The summed E-state index contributed by atoms with van der Waals surface area (Å²) < 4.78 is 5.65. The van der Waals surface area contributed by atoms with Gasteiger partial charge < -0.3 is 10.1 Å². The van der Waals surface area contributed by atoms with Gasteiger partial charge in [0.1, 0.15) is 5.75 Å². The Morgan fingerprint density at radius 3 is 2.79 bits per heavy atom. The molecule has 0 heterocycles. The van der Waals surface area contributed by atoms with Gasteiger partial charge in [-0.15, -0.1) is 0 Å². The van der Waals surface area contributed by atoms with Crippen molar-refractivity contribution in [1.29, 1.82) is 0 Å². The van der Waals surface area contributed by atoms with Gasteiger partial charge in [-0.1, -0.05) is 31.4 Å². The summed E-state index contributed by atoms with van der Waals surface area (Å²) in [4.78, 5) is 0. The number of rotatable bonds is 5. The zero-order chi connectivity index (χ0) is 13.8. The summed E-state index contributed by atoms with van der Waals surface area (Å²) in [5.41, 5.74) is 1.10. The van der Waals surface area contributed by atoms with E-state index >= 15 is 0 Å². The van der Waals surface area contributed by atoms with Crippen molar-refractivity contribution in [2.24, 2.45) is 5.92 Å². The van der Waals surface area contributed by atoms with Gasteiger partial charge in [0.25, 0.3) is 0 Å². The Labute approximate surface area is 121 Å². The van der Waals surface area contributed by atoms with E-state index in [1.54, 1.807) is 0 Å². The van der Waals surface area contributed by atoms with Gasteiger partial charge in [-0.05, 0) is 50.8 Å². The second kappa shape index (κ2) is 6.51. The predicted octanol–water partition coefficient (Wildman–Crippen LogP) is 5.12. The van der Waals surface area contributed by atoms with Gasteiger partial charge in [0.05, 0.1) is 11.1 Å². The van der Waals surface area contributed by atoms with Crippen LogP contribution < -0.4 is 10.1 Å². The molecule has 0 spiro atoms. The van der Waals surface area contributed by atoms with Crippen molar-refractivity contribution in [3.8, 4) is 5.75 Å². The molecule has 1 aliphatic rings. The van der Waals surface area contributed by atoms with Crippen LogP contribution in [-0.2, 0) is 0 Å². The summed E-state index contributed by atoms with van der Waals surface area (Å²) in [6, 6.07) is 6.59. The molecule has 0 bridgehead atoms. The van der Waals surface area contributed by atoms with Gasteiger partial charge in [-0.25, -0.2) is 0 Å². The fraction of sp³-hybridized carbons (Fsp3) is 0.625. The van der Waals surface area contributed by atoms with Crippen LogP contribution in [-0.4, -0.2) is 12.1 Å². The van der Waals surface area contributed by atoms with E-state index in [1.807, 2.05) is 26.0 Å². The standard InChI is InChI=1S/C16H24ClNO/c1-4-12-6-5-7-15(12)18-13-8-9-16(14(17)10-13)19-11(2)3/h8-12,15,18H,4-7H2,1-3H3. The lowest BCUT2D eigenvalue weighted by Gasteiger charge is -2.21. The first-order chi connectivity index (χ1) is 9.10. The molecule has 2 nitrogen and oxygen atoms in total. The predicted molar refractivity (Wildman–Crippen MR) is 82.3 cm³/mol. The van der Waals surface area contributed by atoms with Gasteiger partial charge in [-0.3, -0.25) is 0 Å². The van der Waals surface area contributed by atoms with Crippen LogP contribution >= 0.6 is 11.6 Å². The quantitative estimate of drug-likeness (QED) is 0.809. The van der Waals surface area contributed by atoms with Gasteiger partial charge in [0.15, 0.2) is 0 Å². The number of nitrogens with one attached hydrogen (secondary N) is 1. The highest BCUT2D eigenvalue weighted by Gasteiger charge is 2.25. The SMILES string of the molecule is CCC1CCCC1Nc1ccc(OC(C)C)c(Cl)c1. The molecule has 1 saturated carbocycles. The molecule has 2 unspecified atom stereocenters. The maximum absolute atomic E-state index is 6.26. The molecule has 0 aliphatic heterocycles. The topological polar surface area (TPSA) is 21.3 Å². The summed E-state index contributed by atoms with van der Waals surface area (Å²) in [6.45, 7) is 6.29. The number of hydrogen-bond donors (Lipinski definition) is 1. The Bertz CT molecular complexity index is 419. The van der Waals surface area contributed by atoms with Crippen molar-refractivity contribution >= 4 is 17.3 Å². The largest absolute Gasteiger partial charge is 0.489 e. The Morgan fingerprint density at radius 2 is 2.16 bits per heavy atom. The average molecular weight is 282 g/mol. The highest BCUT2D eigenvalue weighted by atomic mass is 35.5. The molecule has 1 N–H and O–H groups in total. The maximum atomic E-state index is 6.26. The summed E-state index contributed by atoms with van der Waals surface area (Å²) in [5, 5.41) is 4.31. The van der Waals surface area contributed by atoms with Crippen LogP contribution in [0.5, 0.6) is 5.75 Å². The minimum Gasteiger partial charge on any atom is -0.489 e. The summed E-state index contributed by atoms with van der Waals surface area (Å²) in [6.07, 6.45) is 5.34. The summed E-state index contributed by atoms with van der Waals surface area (Å²) in [5.74, 6) is 1.56. The highest BCUT2D eigenvalue weighted by molar-refractivity contribution is 6.32. The molecule has 1 fully saturated rings. The lowest BCUT2D eigenvalue weighted by atomic mass is 10.0. The van der Waals surface area contributed by atoms with Crippen molar-refractivity contribution in [2.75, 3.05) is 5.32 Å². The van der Waals surface area contributed by atoms with E-state index in [2.05, 4.69) is 18.3 Å². The maximum Gasteiger partial charge on any atom is 0.138 e. The fourth-order valence-electron chi connectivity index (χ4n) is 2.87. The van der Waals surface area contributed by atoms with Gasteiger partial charge in [0, 0.05) is 11.7 Å². The first-order valence-corrected chi connectivity index (χ1v) is 7.70. The number of ether oxygens (including phenoxy) is 1. The van der Waals surface area contributed by atoms with E-state index in [1.165, 1.54) is 25.7 Å². The first-order valence-electron chi connectivity index (χ1n) is 7.33. The monoisotopic (exact) mass is 281 g/mol. The van der Waals surface area contributed by atoms with E-state index in [0.717, 1.165) is 17.4 Å². The Hall–Kier alpha value is -0.890. The molecule has 2 rings (SSSR count). The molecule has 106 valence electrons. The highest BCUT2D eigenvalue weighted by Crippen LogP contribution is 2.33. The fourth-order valence-corrected chi connectivity index (χ4v) is 3.09. The minimum absolute atomic E-state index is 0.149. The third-order valence-electron chi connectivity index (χ3n) is 3.83. The Balaban J connectivity index is 2.03. The van der Waals surface area contributed by atoms with Crippen LogP contribution in [0.2, 0.25) is 5.02 Å². The lowest BCUT2D eigenvalue weighted by molar-refractivity contribution is 0.242. The van der Waals surface area contributed by atoms with Gasteiger partial charge in [0.2, 0.25) is 0 Å². The number of anilines is 1. The van der Waals surface area contributed by atoms with E-state index in [-0.39, 0.29) is 6.10 Å². The van der Waals surface area contributed by atoms with Crippen LogP contribution in [0.1, 0.15) is 46.5 Å². The van der Waals surface area contributed by atoms with Crippen LogP contribution in [0.4, 0.5) is 5.69 Å². The van der Waals surface area contributed by atoms with Crippen molar-refractivity contribution in [2.45, 2.75) is 58.6 Å². The third-order valence-corrected chi connectivity index (χ3v) is 4.13. The lowest BCUT2D eigenvalue weighted by Crippen LogP contribution is -2.23. The first kappa shape index (κ1) is 14.5. The molecular weight excluding hydrogens is 258 g/mol. The molecule has 0 radical (unpaired) electrons. The second-order valence-corrected chi connectivity index (χ2v) is 6.07. The van der Waals surface area contributed by atoms with Crippen molar-refractivity contribution < 1.29 is 4.74 Å². The molecule has 0 saturated heterocycles. The van der Waals surface area contributed by atoms with Crippen LogP contribution in [0.25, 0.3) is 0 Å². The molecule has 1 aromatic rings. The van der Waals surface area contributed by atoms with E-state index in [0.29, 0.717) is 11.1 Å². The third kappa shape index (κ3) is 3.79. The molecule has 0 amide bonds. The van der Waals surface area contributed by atoms with Crippen LogP contribution in [0, 0.1) is 5.92 Å². The van der Waals surface area contributed by atoms with Crippen molar-refractivity contribution in [3.63, 3.8) is 0 Å². The smallest absolute Gasteiger partial charge is 0.138 e. The van der Waals surface area contributed by atoms with Gasteiger partial charge >= 0.3 is 0 Å². The van der Waals surface area contributed by atoms with Crippen molar-refractivity contribution in [1.82, 2.24) is 0 Å². The van der Waals surface area contributed by atoms with Crippen molar-refractivity contribution in [3.05, 3.63) is 23.2 Å². The molecular formula is C16H24ClNO. The summed E-state index contributed by atoms with van der Waals surface area (Å²) >= 11 is 6.26. The summed E-state index contributed by atoms with van der Waals surface area (Å²) in [7, 11) is 0. The second-order valence-electron chi connectivity index (χ2n) is 5.66. The van der Waals surface area contributed by atoms with E-state index in [9.17, 15) is 0 Å². The molecule has 2 atom stereocenters. The number of benzene rings is 1. The number of hydrogen-bond acceptors (Lipinski definition) is 2. The Kier molecular flexibility index (Phi) is 4.98. The van der Waals surface area contributed by atoms with Crippen LogP contribution in [0.3, 0.4) is 0 Å². The van der Waals surface area contributed by atoms with E-state index < -0.39 is 0 Å². The average Bonchev–Trinajstić information content (AvgIpc) is 2.79. The van der Waals surface area contributed by atoms with Gasteiger partial charge in [-0.2, -0.15) is 0 Å². The molecule has 19 heavy (non-hydrogen) atoms. The van der Waals surface area contributed by atoms with E-state index in [4.69, 9.17) is 16.3 Å².